The lowest BCUT2D eigenvalue weighted by Gasteiger charge is -2.19. The van der Waals surface area contributed by atoms with Gasteiger partial charge < -0.3 is 9.15 Å². The highest BCUT2D eigenvalue weighted by Gasteiger charge is 2.18. The molecule has 0 fully saturated rings. The zero-order valence-electron chi connectivity index (χ0n) is 20.7. The zero-order valence-corrected chi connectivity index (χ0v) is 22.4. The second kappa shape index (κ2) is 11.1. The number of anilines is 1. The molecule has 8 nitrogen and oxygen atoms in total. The molecule has 4 aromatic rings. The first-order valence-corrected chi connectivity index (χ1v) is 13.4. The van der Waals surface area contributed by atoms with Gasteiger partial charge in [-0.3, -0.25) is 14.9 Å². The normalized spacial score (nSPS) is 11.2. The molecule has 0 saturated heterocycles. The first kappa shape index (κ1) is 26.3. The number of nitrogens with zero attached hydrogens (tertiary/aromatic N) is 2. The van der Waals surface area contributed by atoms with Gasteiger partial charge in [0, 0.05) is 6.07 Å². The molecule has 2 aromatic heterocycles. The molecule has 0 aliphatic carbocycles. The van der Waals surface area contributed by atoms with Gasteiger partial charge in [-0.05, 0) is 60.9 Å². The number of ether oxygens (including phenoxy) is 1. The summed E-state index contributed by atoms with van der Waals surface area (Å²) in [5.41, 5.74) is 2.69. The molecule has 0 unspecified atom stereocenters. The number of benzene rings is 2. The van der Waals surface area contributed by atoms with Crippen LogP contribution >= 0.6 is 23.1 Å². The molecule has 0 bridgehead atoms. The maximum absolute atomic E-state index is 12.8. The van der Waals surface area contributed by atoms with Crippen molar-refractivity contribution in [3.8, 4) is 22.3 Å². The van der Waals surface area contributed by atoms with E-state index in [4.69, 9.17) is 9.15 Å². The van der Waals surface area contributed by atoms with Crippen molar-refractivity contribution in [2.75, 3.05) is 11.6 Å². The van der Waals surface area contributed by atoms with Gasteiger partial charge >= 0.3 is 11.6 Å². The van der Waals surface area contributed by atoms with E-state index < -0.39 is 17.1 Å². The number of aromatic nitrogens is 2. The molecule has 4 rings (SSSR count). The minimum Gasteiger partial charge on any atom is -0.460 e. The van der Waals surface area contributed by atoms with E-state index >= 15 is 0 Å². The average Bonchev–Trinajstić information content (AvgIpc) is 3.30. The summed E-state index contributed by atoms with van der Waals surface area (Å²) in [7, 11) is 0. The Labute approximate surface area is 222 Å². The Bertz CT molecular complexity index is 1490. The third-order valence-corrected chi connectivity index (χ3v) is 6.88. The van der Waals surface area contributed by atoms with Crippen LogP contribution in [0.25, 0.3) is 22.3 Å². The van der Waals surface area contributed by atoms with Crippen molar-refractivity contribution in [2.45, 2.75) is 37.1 Å². The largest absolute Gasteiger partial charge is 0.460 e. The number of nitrogens with one attached hydrogen (secondary N) is 1. The molecule has 37 heavy (non-hydrogen) atoms. The molecule has 0 saturated carbocycles. The van der Waals surface area contributed by atoms with Crippen LogP contribution in [0.1, 0.15) is 36.9 Å². The second-order valence-electron chi connectivity index (χ2n) is 9.07. The Hall–Kier alpha value is -3.76. The number of hydrogen-bond acceptors (Lipinski definition) is 9. The highest BCUT2D eigenvalue weighted by atomic mass is 32.2. The summed E-state index contributed by atoms with van der Waals surface area (Å²) in [6.07, 6.45) is 2.03. The van der Waals surface area contributed by atoms with E-state index in [0.717, 1.165) is 22.3 Å². The van der Waals surface area contributed by atoms with Crippen LogP contribution in [0, 0.1) is 0 Å². The third-order valence-electron chi connectivity index (χ3n) is 5.07. The summed E-state index contributed by atoms with van der Waals surface area (Å²) in [4.78, 5) is 37.3. The highest BCUT2D eigenvalue weighted by Crippen LogP contribution is 2.32. The van der Waals surface area contributed by atoms with Crippen LogP contribution < -0.4 is 10.9 Å². The summed E-state index contributed by atoms with van der Waals surface area (Å²) < 4.78 is 11.3. The number of thioether (sulfide) groups is 1. The molecule has 0 spiro atoms. The molecule has 2 heterocycles. The van der Waals surface area contributed by atoms with Crippen LogP contribution in [0.2, 0.25) is 0 Å². The zero-order chi connectivity index (χ0) is 26.6. The number of carbonyl (C=O) groups excluding carboxylic acids is 2. The van der Waals surface area contributed by atoms with Gasteiger partial charge in [-0.15, -0.1) is 10.2 Å². The summed E-state index contributed by atoms with van der Waals surface area (Å²) >= 11 is 2.64. The Balaban J connectivity index is 1.60. The fourth-order valence-corrected chi connectivity index (χ4v) is 4.74. The van der Waals surface area contributed by atoms with E-state index in [1.165, 1.54) is 35.2 Å². The minimum atomic E-state index is -0.646. The lowest BCUT2D eigenvalue weighted by Crippen LogP contribution is -2.24. The van der Waals surface area contributed by atoms with Crippen molar-refractivity contribution < 1.29 is 18.7 Å². The van der Waals surface area contributed by atoms with Gasteiger partial charge in [0.2, 0.25) is 5.13 Å². The van der Waals surface area contributed by atoms with Gasteiger partial charge in [-0.25, -0.2) is 4.79 Å². The molecule has 10 heteroatoms. The summed E-state index contributed by atoms with van der Waals surface area (Å²) in [6.45, 7) is 5.51. The van der Waals surface area contributed by atoms with E-state index in [0.29, 0.717) is 15.0 Å². The molecule has 2 aromatic carbocycles. The van der Waals surface area contributed by atoms with Crippen molar-refractivity contribution in [1.29, 1.82) is 0 Å². The predicted octanol–water partition coefficient (Wildman–Crippen LogP) is 5.68. The fourth-order valence-electron chi connectivity index (χ4n) is 3.58. The van der Waals surface area contributed by atoms with E-state index in [2.05, 4.69) is 15.5 Å². The van der Waals surface area contributed by atoms with Crippen LogP contribution in [0.15, 0.2) is 74.2 Å². The number of rotatable bonds is 7. The van der Waals surface area contributed by atoms with Crippen LogP contribution in [-0.4, -0.2) is 33.9 Å². The number of hydrogen-bond donors (Lipinski definition) is 1. The Morgan fingerprint density at radius 1 is 1.00 bits per heavy atom. The highest BCUT2D eigenvalue weighted by molar-refractivity contribution is 8.00. The van der Waals surface area contributed by atoms with Gasteiger partial charge in [0.25, 0.3) is 5.91 Å². The molecular weight excluding hydrogens is 510 g/mol. The quantitative estimate of drug-likeness (QED) is 0.183. The second-order valence-corrected chi connectivity index (χ2v) is 11.1. The number of carbonyl (C=O) groups is 2. The molecular formula is C27H25N3O5S2. The number of amides is 1. The van der Waals surface area contributed by atoms with Gasteiger partial charge in [0.1, 0.15) is 5.60 Å². The third kappa shape index (κ3) is 6.93. The van der Waals surface area contributed by atoms with E-state index in [1.807, 2.05) is 75.6 Å². The monoisotopic (exact) mass is 535 g/mol. The van der Waals surface area contributed by atoms with Crippen LogP contribution in [0.4, 0.5) is 5.13 Å². The molecule has 0 aliphatic rings. The van der Waals surface area contributed by atoms with Gasteiger partial charge in [-0.2, -0.15) is 0 Å². The molecule has 0 atom stereocenters. The SMILES string of the molecule is CSc1nnc(NC(=O)c2cc(-c3ccccc3-c3ccc(CC(=O)OC(C)(C)C)cc3)cc(=O)o2)s1. The standard InChI is InChI=1S/C27H25N3O5S2/c1-27(2,3)35-23(32)13-16-9-11-17(12-10-16)19-7-5-6-8-20(19)18-14-21(34-22(31)15-18)24(33)28-25-29-30-26(36-4)37-25/h5-12,14-15H,13H2,1-4H3,(H,28,29,33). The van der Waals surface area contributed by atoms with Crippen molar-refractivity contribution >= 4 is 40.1 Å². The maximum Gasteiger partial charge on any atom is 0.336 e. The summed E-state index contributed by atoms with van der Waals surface area (Å²) in [5.74, 6) is -1.02. The molecule has 0 aliphatic heterocycles. The lowest BCUT2D eigenvalue weighted by molar-refractivity contribution is -0.153. The van der Waals surface area contributed by atoms with E-state index in [-0.39, 0.29) is 18.2 Å². The van der Waals surface area contributed by atoms with Gasteiger partial charge in [0.05, 0.1) is 6.42 Å². The van der Waals surface area contributed by atoms with Crippen molar-refractivity contribution in [3.63, 3.8) is 0 Å². The van der Waals surface area contributed by atoms with Gasteiger partial charge in [-0.1, -0.05) is 71.6 Å². The first-order valence-electron chi connectivity index (χ1n) is 11.4. The van der Waals surface area contributed by atoms with Crippen molar-refractivity contribution in [1.82, 2.24) is 10.2 Å². The van der Waals surface area contributed by atoms with Crippen LogP contribution in [-0.2, 0) is 16.0 Å². The smallest absolute Gasteiger partial charge is 0.336 e. The van der Waals surface area contributed by atoms with Crippen molar-refractivity contribution in [2.24, 2.45) is 0 Å². The topological polar surface area (TPSA) is 111 Å². The Morgan fingerprint density at radius 3 is 2.30 bits per heavy atom. The van der Waals surface area contributed by atoms with Crippen LogP contribution in [0.5, 0.6) is 0 Å². The molecule has 190 valence electrons. The molecule has 1 N–H and O–H groups in total. The average molecular weight is 536 g/mol. The molecule has 0 radical (unpaired) electrons. The number of esters is 1. The Kier molecular flexibility index (Phi) is 7.89. The minimum absolute atomic E-state index is 0.133. The fraction of sp³-hybridized carbons (Fsp3) is 0.222. The van der Waals surface area contributed by atoms with E-state index in [9.17, 15) is 14.4 Å². The van der Waals surface area contributed by atoms with Crippen LogP contribution in [0.3, 0.4) is 0 Å². The summed E-state index contributed by atoms with van der Waals surface area (Å²) in [6, 6.07) is 18.0. The maximum atomic E-state index is 12.8. The van der Waals surface area contributed by atoms with E-state index in [1.54, 1.807) is 0 Å². The Morgan fingerprint density at radius 2 is 1.68 bits per heavy atom. The lowest BCUT2D eigenvalue weighted by atomic mass is 9.94. The summed E-state index contributed by atoms with van der Waals surface area (Å²) in [5, 5.41) is 10.8. The molecule has 1 amide bonds. The first-order chi connectivity index (χ1) is 17.6. The van der Waals surface area contributed by atoms with Gasteiger partial charge in [0.15, 0.2) is 10.1 Å². The predicted molar refractivity (Wildman–Crippen MR) is 145 cm³/mol. The van der Waals surface area contributed by atoms with Crippen molar-refractivity contribution in [3.05, 3.63) is 82.4 Å².